The van der Waals surface area contributed by atoms with E-state index in [9.17, 15) is 16.8 Å². The van der Waals surface area contributed by atoms with Crippen molar-refractivity contribution >= 4 is 20.2 Å². The van der Waals surface area contributed by atoms with Crippen molar-refractivity contribution in [2.75, 3.05) is 26.2 Å². The summed E-state index contributed by atoms with van der Waals surface area (Å²) in [4.78, 5) is 0. The number of benzene rings is 3. The summed E-state index contributed by atoms with van der Waals surface area (Å²) < 4.78 is 68.5. The van der Waals surface area contributed by atoms with Crippen molar-refractivity contribution in [2.45, 2.75) is 27.7 Å². The molecule has 0 aliphatic heterocycles. The van der Waals surface area contributed by atoms with Gasteiger partial charge in [-0.3, -0.25) is 0 Å². The van der Waals surface area contributed by atoms with Gasteiger partial charge in [0, 0.05) is 5.56 Å². The van der Waals surface area contributed by atoms with Crippen LogP contribution in [-0.2, 0) is 20.2 Å². The Labute approximate surface area is 225 Å². The maximum atomic E-state index is 12.0. The lowest BCUT2D eigenvalue weighted by Crippen LogP contribution is -2.08. The van der Waals surface area contributed by atoms with Crippen LogP contribution in [0.5, 0.6) is 23.0 Å². The van der Waals surface area contributed by atoms with Gasteiger partial charge in [-0.15, -0.1) is 0 Å². The maximum Gasteiger partial charge on any atom is 0.306 e. The van der Waals surface area contributed by atoms with Crippen LogP contribution in [0.4, 0.5) is 0 Å². The molecule has 0 unspecified atom stereocenters. The lowest BCUT2D eigenvalue weighted by atomic mass is 9.90. The average molecular weight is 561 g/mol. The predicted molar refractivity (Wildman–Crippen MR) is 149 cm³/mol. The van der Waals surface area contributed by atoms with E-state index >= 15 is 0 Å². The Morgan fingerprint density at radius 3 is 1.97 bits per heavy atom. The Bertz CT molecular complexity index is 1570. The number of aryl methyl sites for hydroxylation is 1. The molecule has 0 heterocycles. The lowest BCUT2D eigenvalue weighted by molar-refractivity contribution is 0.347. The van der Waals surface area contributed by atoms with Crippen LogP contribution in [0.25, 0.3) is 22.3 Å². The van der Waals surface area contributed by atoms with Gasteiger partial charge in [-0.2, -0.15) is 16.8 Å². The first-order valence-electron chi connectivity index (χ1n) is 11.7. The number of hydrogen-bond acceptors (Lipinski definition) is 8. The second-order valence-corrected chi connectivity index (χ2v) is 12.3. The molecule has 38 heavy (non-hydrogen) atoms. The molecule has 0 aliphatic rings. The van der Waals surface area contributed by atoms with Gasteiger partial charge in [0.1, 0.15) is 18.1 Å². The minimum atomic E-state index is -3.80. The van der Waals surface area contributed by atoms with Crippen LogP contribution in [0.1, 0.15) is 25.0 Å². The summed E-state index contributed by atoms with van der Waals surface area (Å²) in [5.74, 6) is 1.24. The second-order valence-electron chi connectivity index (χ2n) is 9.13. The normalized spacial score (nSPS) is 11.6. The predicted octanol–water partition coefficient (Wildman–Crippen LogP) is 5.67. The summed E-state index contributed by atoms with van der Waals surface area (Å²) in [6.07, 6.45) is 3.86. The Morgan fingerprint density at radius 1 is 0.816 bits per heavy atom. The van der Waals surface area contributed by atoms with Crippen LogP contribution in [0.2, 0.25) is 0 Å². The minimum absolute atomic E-state index is 0.0930. The molecular weight excluding hydrogens is 528 g/mol. The molecule has 3 aromatic rings. The Kier molecular flexibility index (Phi) is 8.79. The van der Waals surface area contributed by atoms with Gasteiger partial charge in [0.15, 0.2) is 11.5 Å². The van der Waals surface area contributed by atoms with E-state index < -0.39 is 20.2 Å². The molecule has 0 amide bonds. The SMILES string of the molecule is COc1c(-c2ccc(OS(C)(=O)=O)cc2)cc(C)c(-c2ccc(OCC=C(C)C)c(OS(C)(=O)=O)c2)c1C. The lowest BCUT2D eigenvalue weighted by Gasteiger charge is -2.20. The third-order valence-electron chi connectivity index (χ3n) is 5.54. The van der Waals surface area contributed by atoms with E-state index in [4.69, 9.17) is 17.8 Å². The van der Waals surface area contributed by atoms with Crippen molar-refractivity contribution in [1.82, 2.24) is 0 Å². The van der Waals surface area contributed by atoms with Crippen LogP contribution in [0.3, 0.4) is 0 Å². The van der Waals surface area contributed by atoms with Crippen LogP contribution < -0.4 is 17.8 Å². The molecule has 8 nitrogen and oxygen atoms in total. The fourth-order valence-electron chi connectivity index (χ4n) is 4.06. The summed E-state index contributed by atoms with van der Waals surface area (Å²) >= 11 is 0. The first-order valence-corrected chi connectivity index (χ1v) is 15.3. The van der Waals surface area contributed by atoms with Gasteiger partial charge in [0.25, 0.3) is 0 Å². The summed E-state index contributed by atoms with van der Waals surface area (Å²) in [5.41, 5.74) is 6.03. The molecule has 3 aromatic carbocycles. The zero-order valence-corrected chi connectivity index (χ0v) is 24.1. The molecule has 0 fully saturated rings. The molecule has 204 valence electrons. The molecule has 0 atom stereocenters. The van der Waals surface area contributed by atoms with Gasteiger partial charge < -0.3 is 17.8 Å². The standard InChI is InChI=1S/C28H32O8S2/c1-18(2)14-15-34-25-13-10-22(17-26(25)36-38(7,31)32)27-19(3)16-24(28(33-5)20(27)4)21-8-11-23(12-9-21)35-37(6,29)30/h8-14,16-17H,15H2,1-7H3. The first-order chi connectivity index (χ1) is 17.7. The van der Waals surface area contributed by atoms with Crippen molar-refractivity contribution < 1.29 is 34.7 Å². The van der Waals surface area contributed by atoms with Crippen LogP contribution in [-0.4, -0.2) is 43.1 Å². The smallest absolute Gasteiger partial charge is 0.306 e. The van der Waals surface area contributed by atoms with Crippen molar-refractivity contribution in [3.8, 4) is 45.3 Å². The van der Waals surface area contributed by atoms with Crippen molar-refractivity contribution in [1.29, 1.82) is 0 Å². The number of methoxy groups -OCH3 is 1. The van der Waals surface area contributed by atoms with E-state index in [1.807, 2.05) is 45.9 Å². The van der Waals surface area contributed by atoms with Crippen LogP contribution >= 0.6 is 0 Å². The molecule has 0 radical (unpaired) electrons. The monoisotopic (exact) mass is 560 g/mol. The first kappa shape index (κ1) is 29.1. The van der Waals surface area contributed by atoms with E-state index in [0.29, 0.717) is 11.5 Å². The Balaban J connectivity index is 2.09. The van der Waals surface area contributed by atoms with E-state index in [-0.39, 0.29) is 18.1 Å². The van der Waals surface area contributed by atoms with Gasteiger partial charge in [0.2, 0.25) is 0 Å². The molecule has 3 rings (SSSR count). The highest BCUT2D eigenvalue weighted by atomic mass is 32.2. The molecule has 0 N–H and O–H groups in total. The van der Waals surface area contributed by atoms with E-state index in [2.05, 4.69) is 0 Å². The summed E-state index contributed by atoms with van der Waals surface area (Å²) in [6, 6.07) is 13.8. The molecule has 10 heteroatoms. The highest BCUT2D eigenvalue weighted by Crippen LogP contribution is 2.43. The molecule has 0 saturated carbocycles. The Morgan fingerprint density at radius 2 is 1.42 bits per heavy atom. The summed E-state index contributed by atoms with van der Waals surface area (Å²) in [5, 5.41) is 0. The van der Waals surface area contributed by atoms with Crippen molar-refractivity contribution in [3.63, 3.8) is 0 Å². The third kappa shape index (κ3) is 7.52. The largest absolute Gasteiger partial charge is 0.496 e. The summed E-state index contributed by atoms with van der Waals surface area (Å²) in [7, 11) is -5.85. The van der Waals surface area contributed by atoms with Crippen molar-refractivity contribution in [3.05, 3.63) is 71.3 Å². The molecule has 0 saturated heterocycles. The zero-order chi connectivity index (χ0) is 28.3. The van der Waals surface area contributed by atoms with E-state index in [1.165, 1.54) is 0 Å². The van der Waals surface area contributed by atoms with E-state index in [1.54, 1.807) is 43.5 Å². The van der Waals surface area contributed by atoms with Crippen LogP contribution in [0.15, 0.2) is 60.2 Å². The van der Waals surface area contributed by atoms with Crippen LogP contribution in [0, 0.1) is 13.8 Å². The second kappa shape index (κ2) is 11.5. The number of rotatable bonds is 10. The van der Waals surface area contributed by atoms with Crippen molar-refractivity contribution in [2.24, 2.45) is 0 Å². The van der Waals surface area contributed by atoms with Gasteiger partial charge in [-0.05, 0) is 91.9 Å². The molecule has 0 aromatic heterocycles. The highest BCUT2D eigenvalue weighted by molar-refractivity contribution is 7.86. The Hall–Kier alpha value is -3.50. The summed E-state index contributed by atoms with van der Waals surface area (Å²) in [6.45, 7) is 8.03. The van der Waals surface area contributed by atoms with E-state index in [0.717, 1.165) is 51.5 Å². The average Bonchev–Trinajstić information content (AvgIpc) is 2.78. The fourth-order valence-corrected chi connectivity index (χ4v) is 4.98. The number of hydrogen-bond donors (Lipinski definition) is 0. The van der Waals surface area contributed by atoms with Gasteiger partial charge in [0.05, 0.1) is 19.6 Å². The quantitative estimate of drug-likeness (QED) is 0.231. The van der Waals surface area contributed by atoms with Gasteiger partial charge in [-0.1, -0.05) is 23.8 Å². The minimum Gasteiger partial charge on any atom is -0.496 e. The molecular formula is C28H32O8S2. The highest BCUT2D eigenvalue weighted by Gasteiger charge is 2.20. The third-order valence-corrected chi connectivity index (χ3v) is 6.51. The van der Waals surface area contributed by atoms with Gasteiger partial charge >= 0.3 is 20.2 Å². The number of allylic oxidation sites excluding steroid dienone is 1. The number of ether oxygens (including phenoxy) is 2. The topological polar surface area (TPSA) is 105 Å². The molecule has 0 bridgehead atoms. The maximum absolute atomic E-state index is 12.0. The zero-order valence-electron chi connectivity index (χ0n) is 22.5. The molecule has 0 aliphatic carbocycles. The molecule has 0 spiro atoms. The fraction of sp³-hybridized carbons (Fsp3) is 0.286. The van der Waals surface area contributed by atoms with Gasteiger partial charge in [-0.25, -0.2) is 0 Å².